The predicted octanol–water partition coefficient (Wildman–Crippen LogP) is 5.25. The first-order valence-electron chi connectivity index (χ1n) is 9.56. The molecule has 1 aliphatic carbocycles. The minimum Gasteiger partial charge on any atom is -0.495 e. The van der Waals surface area contributed by atoms with Crippen molar-refractivity contribution in [1.82, 2.24) is 0 Å². The molecule has 1 N–H and O–H groups in total. The number of hydrogen-bond donors (Lipinski definition) is 1. The van der Waals surface area contributed by atoms with Gasteiger partial charge < -0.3 is 19.5 Å². The van der Waals surface area contributed by atoms with E-state index in [0.29, 0.717) is 41.2 Å². The summed E-state index contributed by atoms with van der Waals surface area (Å²) in [7, 11) is 3.06. The van der Waals surface area contributed by atoms with E-state index in [0.717, 1.165) is 24.2 Å². The molecule has 1 amide bonds. The maximum Gasteiger partial charge on any atom is 0.224 e. The molecule has 0 atom stereocenters. The molecule has 5 nitrogen and oxygen atoms in total. The Morgan fingerprint density at radius 2 is 1.86 bits per heavy atom. The Morgan fingerprint density at radius 3 is 2.57 bits per heavy atom. The highest BCUT2D eigenvalue weighted by atomic mass is 35.5. The quantitative estimate of drug-likeness (QED) is 0.654. The van der Waals surface area contributed by atoms with Crippen molar-refractivity contribution < 1.29 is 19.0 Å². The van der Waals surface area contributed by atoms with Gasteiger partial charge in [-0.2, -0.15) is 0 Å². The van der Waals surface area contributed by atoms with Crippen molar-refractivity contribution in [2.24, 2.45) is 0 Å². The molecule has 2 aromatic rings. The lowest BCUT2D eigenvalue weighted by atomic mass is 10.1. The van der Waals surface area contributed by atoms with Crippen LogP contribution in [0.4, 0.5) is 5.69 Å². The zero-order valence-corrected chi connectivity index (χ0v) is 17.1. The maximum absolute atomic E-state index is 12.4. The van der Waals surface area contributed by atoms with E-state index >= 15 is 0 Å². The largest absolute Gasteiger partial charge is 0.495 e. The molecule has 0 heterocycles. The highest BCUT2D eigenvalue weighted by molar-refractivity contribution is 6.32. The standard InChI is InChI=1S/C22H26ClNO4/c1-26-20-14-19(21(27-2)13-18(20)23)24-22(25)11-10-15-6-5-9-17(12-15)28-16-7-3-4-8-16/h5-6,9,12-14,16H,3-4,7-8,10-11H2,1-2H3,(H,24,25). The summed E-state index contributed by atoms with van der Waals surface area (Å²) in [5.74, 6) is 1.75. The Hall–Kier alpha value is -2.40. The minimum absolute atomic E-state index is 0.107. The van der Waals surface area contributed by atoms with E-state index in [1.54, 1.807) is 12.1 Å². The smallest absolute Gasteiger partial charge is 0.224 e. The summed E-state index contributed by atoms with van der Waals surface area (Å²) in [6, 6.07) is 11.3. The molecule has 1 fully saturated rings. The van der Waals surface area contributed by atoms with Gasteiger partial charge in [-0.15, -0.1) is 0 Å². The van der Waals surface area contributed by atoms with E-state index in [-0.39, 0.29) is 5.91 Å². The lowest BCUT2D eigenvalue weighted by Crippen LogP contribution is -2.13. The Morgan fingerprint density at radius 1 is 1.11 bits per heavy atom. The summed E-state index contributed by atoms with van der Waals surface area (Å²) in [5.41, 5.74) is 1.61. The van der Waals surface area contributed by atoms with Crippen LogP contribution in [0.15, 0.2) is 36.4 Å². The van der Waals surface area contributed by atoms with E-state index in [1.807, 2.05) is 24.3 Å². The van der Waals surface area contributed by atoms with Gasteiger partial charge in [0.05, 0.1) is 31.0 Å². The van der Waals surface area contributed by atoms with Crippen LogP contribution in [-0.2, 0) is 11.2 Å². The molecular weight excluding hydrogens is 378 g/mol. The molecule has 2 aromatic carbocycles. The molecule has 0 aliphatic heterocycles. The van der Waals surface area contributed by atoms with Crippen LogP contribution in [0.3, 0.4) is 0 Å². The first-order valence-corrected chi connectivity index (χ1v) is 9.94. The molecule has 0 radical (unpaired) electrons. The van der Waals surface area contributed by atoms with Crippen LogP contribution >= 0.6 is 11.6 Å². The second kappa shape index (κ2) is 9.69. The van der Waals surface area contributed by atoms with E-state index in [4.69, 9.17) is 25.8 Å². The number of benzene rings is 2. The van der Waals surface area contributed by atoms with Gasteiger partial charge in [0, 0.05) is 18.6 Å². The predicted molar refractivity (Wildman–Crippen MR) is 111 cm³/mol. The van der Waals surface area contributed by atoms with Crippen molar-refractivity contribution in [2.45, 2.75) is 44.6 Å². The summed E-state index contributed by atoms with van der Waals surface area (Å²) in [6.07, 6.45) is 6.03. The highest BCUT2D eigenvalue weighted by Crippen LogP contribution is 2.36. The Kier molecular flexibility index (Phi) is 7.04. The number of ether oxygens (including phenoxy) is 3. The van der Waals surface area contributed by atoms with Crippen LogP contribution in [0, 0.1) is 0 Å². The van der Waals surface area contributed by atoms with Crippen molar-refractivity contribution in [2.75, 3.05) is 19.5 Å². The minimum atomic E-state index is -0.107. The molecule has 1 saturated carbocycles. The molecule has 0 spiro atoms. The number of amides is 1. The van der Waals surface area contributed by atoms with Crippen molar-refractivity contribution in [3.8, 4) is 17.2 Å². The van der Waals surface area contributed by atoms with Gasteiger partial charge in [0.1, 0.15) is 17.2 Å². The average molecular weight is 404 g/mol. The van der Waals surface area contributed by atoms with Crippen LogP contribution < -0.4 is 19.5 Å². The van der Waals surface area contributed by atoms with Gasteiger partial charge in [-0.1, -0.05) is 23.7 Å². The van der Waals surface area contributed by atoms with Crippen LogP contribution in [0.1, 0.15) is 37.7 Å². The average Bonchev–Trinajstić information content (AvgIpc) is 3.20. The van der Waals surface area contributed by atoms with Gasteiger partial charge in [0.25, 0.3) is 0 Å². The third kappa shape index (κ3) is 5.32. The van der Waals surface area contributed by atoms with Gasteiger partial charge in [-0.3, -0.25) is 4.79 Å². The fourth-order valence-electron chi connectivity index (χ4n) is 3.40. The fraction of sp³-hybridized carbons (Fsp3) is 0.409. The molecule has 3 rings (SSSR count). The van der Waals surface area contributed by atoms with Crippen LogP contribution in [0.2, 0.25) is 5.02 Å². The number of anilines is 1. The number of hydrogen-bond acceptors (Lipinski definition) is 4. The van der Waals surface area contributed by atoms with Crippen molar-refractivity contribution in [1.29, 1.82) is 0 Å². The normalized spacial score (nSPS) is 14.0. The van der Waals surface area contributed by atoms with Crippen molar-refractivity contribution >= 4 is 23.2 Å². The second-order valence-electron chi connectivity index (χ2n) is 6.91. The van der Waals surface area contributed by atoms with E-state index in [2.05, 4.69) is 5.32 Å². The number of carbonyl (C=O) groups is 1. The lowest BCUT2D eigenvalue weighted by Gasteiger charge is -2.14. The topological polar surface area (TPSA) is 56.8 Å². The summed E-state index contributed by atoms with van der Waals surface area (Å²) < 4.78 is 16.5. The molecule has 0 bridgehead atoms. The Labute approximate surface area is 170 Å². The molecule has 0 unspecified atom stereocenters. The molecule has 150 valence electrons. The summed E-state index contributed by atoms with van der Waals surface area (Å²) in [4.78, 5) is 12.4. The summed E-state index contributed by atoms with van der Waals surface area (Å²) in [6.45, 7) is 0. The zero-order chi connectivity index (χ0) is 19.9. The number of aryl methyl sites for hydroxylation is 1. The lowest BCUT2D eigenvalue weighted by molar-refractivity contribution is -0.116. The van der Waals surface area contributed by atoms with Gasteiger partial charge in [0.15, 0.2) is 0 Å². The van der Waals surface area contributed by atoms with E-state index < -0.39 is 0 Å². The molecular formula is C22H26ClNO4. The third-order valence-electron chi connectivity index (χ3n) is 4.89. The van der Waals surface area contributed by atoms with E-state index in [1.165, 1.54) is 27.1 Å². The number of rotatable bonds is 8. The molecule has 28 heavy (non-hydrogen) atoms. The Bertz CT molecular complexity index is 818. The highest BCUT2D eigenvalue weighted by Gasteiger charge is 2.17. The second-order valence-corrected chi connectivity index (χ2v) is 7.31. The Balaban J connectivity index is 1.58. The molecule has 6 heteroatoms. The monoisotopic (exact) mass is 403 g/mol. The van der Waals surface area contributed by atoms with E-state index in [9.17, 15) is 4.79 Å². The number of halogens is 1. The summed E-state index contributed by atoms with van der Waals surface area (Å²) >= 11 is 6.10. The first-order chi connectivity index (χ1) is 13.6. The molecule has 0 saturated heterocycles. The van der Waals surface area contributed by atoms with Crippen LogP contribution in [0.25, 0.3) is 0 Å². The third-order valence-corrected chi connectivity index (χ3v) is 5.19. The number of nitrogens with one attached hydrogen (secondary N) is 1. The van der Waals surface area contributed by atoms with Crippen LogP contribution in [-0.4, -0.2) is 26.2 Å². The van der Waals surface area contributed by atoms with Crippen LogP contribution in [0.5, 0.6) is 17.2 Å². The van der Waals surface area contributed by atoms with Gasteiger partial charge in [-0.05, 0) is 49.8 Å². The van der Waals surface area contributed by atoms with Crippen molar-refractivity contribution in [3.05, 3.63) is 47.0 Å². The van der Waals surface area contributed by atoms with Gasteiger partial charge in [-0.25, -0.2) is 0 Å². The van der Waals surface area contributed by atoms with Crippen molar-refractivity contribution in [3.63, 3.8) is 0 Å². The number of methoxy groups -OCH3 is 2. The van der Waals surface area contributed by atoms with Gasteiger partial charge in [0.2, 0.25) is 5.91 Å². The summed E-state index contributed by atoms with van der Waals surface area (Å²) in [5, 5.41) is 3.30. The zero-order valence-electron chi connectivity index (χ0n) is 16.3. The number of carbonyl (C=O) groups excluding carboxylic acids is 1. The molecule has 0 aromatic heterocycles. The van der Waals surface area contributed by atoms with Gasteiger partial charge >= 0.3 is 0 Å². The fourth-order valence-corrected chi connectivity index (χ4v) is 3.63. The molecule has 1 aliphatic rings. The first kappa shape index (κ1) is 20.3. The SMILES string of the molecule is COc1cc(NC(=O)CCc2cccc(OC3CCCC3)c2)c(OC)cc1Cl. The maximum atomic E-state index is 12.4.